The van der Waals surface area contributed by atoms with Crippen LogP contribution in [0.2, 0.25) is 5.02 Å². The van der Waals surface area contributed by atoms with Crippen LogP contribution in [0.4, 0.5) is 11.5 Å². The van der Waals surface area contributed by atoms with Gasteiger partial charge in [0.15, 0.2) is 0 Å². The predicted octanol–water partition coefficient (Wildman–Crippen LogP) is 9.47. The number of rotatable bonds is 20. The zero-order valence-corrected chi connectivity index (χ0v) is 64.1. The number of aromatic amines is 4. The van der Waals surface area contributed by atoms with Crippen molar-refractivity contribution in [1.82, 2.24) is 90.3 Å². The molecule has 0 atom stereocenters. The molecule has 12 aromatic rings. The minimum atomic E-state index is -3.32. The van der Waals surface area contributed by atoms with Crippen LogP contribution < -0.4 is 0 Å². The van der Waals surface area contributed by atoms with Crippen LogP contribution in [0, 0.1) is 65.4 Å². The van der Waals surface area contributed by atoms with Crippen LogP contribution in [-0.2, 0) is 62.2 Å². The second-order valence-electron chi connectivity index (χ2n) is 27.2. The summed E-state index contributed by atoms with van der Waals surface area (Å²) in [5, 5.41) is 41.3. The number of halogens is 1. The monoisotopic (exact) mass is 1580 g/mol. The molecule has 16 rings (SSSR count). The highest BCUT2D eigenvalue weighted by molar-refractivity contribution is 7.89. The number of aromatic nitrogens is 15. The highest BCUT2D eigenvalue weighted by atomic mass is 35.5. The number of H-pyrrole nitrogens is 4. The van der Waals surface area contributed by atoms with Crippen molar-refractivity contribution < 1.29 is 33.7 Å². The Balaban J connectivity index is 0.000000129. The lowest BCUT2D eigenvalue weighted by atomic mass is 9.88. The summed E-state index contributed by atoms with van der Waals surface area (Å²) in [6.45, 7) is 25.5. The lowest BCUT2D eigenvalue weighted by molar-refractivity contribution is 0.0850. The van der Waals surface area contributed by atoms with Gasteiger partial charge in [0, 0.05) is 151 Å². The van der Waals surface area contributed by atoms with Crippen molar-refractivity contribution in [2.45, 2.75) is 82.5 Å². The fraction of sp³-hybridized carbons (Fsp3) is 0.347. The molecule has 4 fully saturated rings. The molecular weight excluding hydrogens is 1510 g/mol. The van der Waals surface area contributed by atoms with E-state index in [1.807, 2.05) is 83.6 Å². The Kier molecular flexibility index (Phi) is 20.8. The van der Waals surface area contributed by atoms with Crippen molar-refractivity contribution >= 4 is 107 Å². The number of nitriles is 4. The second kappa shape index (κ2) is 29.8. The summed E-state index contributed by atoms with van der Waals surface area (Å²) in [7, 11) is -13.2. The third-order valence-electron chi connectivity index (χ3n) is 20.8. The number of hydrogen-bond donors (Lipinski definition) is 4. The summed E-state index contributed by atoms with van der Waals surface area (Å²) in [5.41, 5.74) is 7.97. The third-order valence-corrected chi connectivity index (χ3v) is 28.2. The third kappa shape index (κ3) is 13.8. The Bertz CT molecular complexity index is 6110. The van der Waals surface area contributed by atoms with Gasteiger partial charge >= 0.3 is 0 Å². The van der Waals surface area contributed by atoms with Gasteiger partial charge in [0.1, 0.15) is 47.1 Å². The van der Waals surface area contributed by atoms with Crippen molar-refractivity contribution in [3.05, 3.63) is 163 Å². The standard InChI is InChI=1S/C19H18N6O2S.C18H17N7O2S.C18H20N6O2S.C17H17ClN6O2S/c1-3-28(26,27)24-12-19(13-24,6-7-20)25-11-14(10-17(25)21-2)15-4-8-22-18-16(15)5-9-23-18;1-3-28(26,27)25-10-18(11-25,5-6-19)24-8-14(15(9-24)20-2)16-13-4-7-21-17(13)23-12-22-16;1-3-27(25,26)24-10-18(11-24,5-6-19)23-8-13(2)15(9-23)16-14-4-7-20-17(14)22-12-21-16;1-2-27(25,26)24-9-17(10-24,4-5-19)23-7-13(14(18)8-23)15-12-3-6-20-16(12)22-11-21-15/h4-5,8-11H,3,6,12-13H2,1H3,(H,22,23);4,7-9,12H,3,5,10-11H2,1H3,(H,21,22,23);4,7-9,12H,3,5,10-11H2,1-2H3,(H,20,21,22);3,6-8,11H,2,4,9-10H2,1H3,(H,20,21,22). The van der Waals surface area contributed by atoms with Crippen molar-refractivity contribution in [2.24, 2.45) is 0 Å². The molecule has 0 unspecified atom stereocenters. The molecule has 0 aromatic carbocycles. The van der Waals surface area contributed by atoms with Crippen LogP contribution in [-0.4, -0.2) is 199 Å². The Hall–Kier alpha value is -11.5. The van der Waals surface area contributed by atoms with Crippen molar-refractivity contribution in [3.63, 3.8) is 0 Å². The van der Waals surface area contributed by atoms with Gasteiger partial charge in [0.2, 0.25) is 51.6 Å². The van der Waals surface area contributed by atoms with E-state index < -0.39 is 62.2 Å². The van der Waals surface area contributed by atoms with Crippen molar-refractivity contribution in [1.29, 1.82) is 21.0 Å². The summed E-state index contributed by atoms with van der Waals surface area (Å²) in [6.07, 6.45) is 26.9. The topological polar surface area (TPSA) is 427 Å². The van der Waals surface area contributed by atoms with Gasteiger partial charge in [0.05, 0.1) is 138 Å². The number of nitrogens with one attached hydrogen (secondary N) is 4. The first kappa shape index (κ1) is 76.7. The zero-order valence-electron chi connectivity index (χ0n) is 60.1. The molecule has 0 aliphatic carbocycles. The van der Waals surface area contributed by atoms with Gasteiger partial charge in [-0.3, -0.25) is 4.57 Å². The zero-order chi connectivity index (χ0) is 78.3. The smallest absolute Gasteiger partial charge is 0.231 e. The largest absolute Gasteiger partial charge is 0.364 e. The maximum Gasteiger partial charge on any atom is 0.231 e. The van der Waals surface area contributed by atoms with Gasteiger partial charge in [-0.15, -0.1) is 0 Å². The van der Waals surface area contributed by atoms with Crippen molar-refractivity contribution in [2.75, 3.05) is 75.4 Å². The molecule has 4 saturated heterocycles. The fourth-order valence-electron chi connectivity index (χ4n) is 14.5. The van der Waals surface area contributed by atoms with E-state index >= 15 is 0 Å². The van der Waals surface area contributed by atoms with Gasteiger partial charge in [-0.25, -0.2) is 73.4 Å². The maximum atomic E-state index is 12.2. The molecule has 12 aromatic heterocycles. The van der Waals surface area contributed by atoms with Crippen LogP contribution >= 0.6 is 11.6 Å². The van der Waals surface area contributed by atoms with E-state index in [-0.39, 0.29) is 88.0 Å². The molecule has 0 spiro atoms. The summed E-state index contributed by atoms with van der Waals surface area (Å²) in [4.78, 5) is 49.5. The van der Waals surface area contributed by atoms with Gasteiger partial charge in [-0.1, -0.05) is 18.2 Å². The molecule has 4 N–H and O–H groups in total. The lowest BCUT2D eigenvalue weighted by Crippen LogP contribution is -2.63. The Morgan fingerprint density at radius 2 is 0.809 bits per heavy atom. The number of aryl methyl sites for hydroxylation is 1. The number of nitrogens with zero attached hydrogens (tertiary/aromatic N) is 21. The molecule has 4 aliphatic heterocycles. The lowest BCUT2D eigenvalue weighted by Gasteiger charge is -2.49. The predicted molar refractivity (Wildman–Crippen MR) is 411 cm³/mol. The molecule has 38 heteroatoms. The molecule has 564 valence electrons. The van der Waals surface area contributed by atoms with Crippen LogP contribution in [0.5, 0.6) is 0 Å². The average Bonchev–Trinajstić information content (AvgIpc) is 1.48. The van der Waals surface area contributed by atoms with E-state index in [1.54, 1.807) is 80.1 Å². The van der Waals surface area contributed by atoms with Gasteiger partial charge in [0.25, 0.3) is 0 Å². The number of sulfonamides is 4. The molecule has 0 bridgehead atoms. The quantitative estimate of drug-likeness (QED) is 0.0516. The van der Waals surface area contributed by atoms with E-state index in [1.165, 1.54) is 36.2 Å². The molecule has 33 nitrogen and oxygen atoms in total. The molecule has 4 aliphatic rings. The SMILES string of the molecule is CCS(=O)(=O)N1CC(CC#N)(n2cc(C)c(-c3ncnc4[nH]ccc34)c2)C1.CCS(=O)(=O)N1CC(CC#N)(n2cc(Cl)c(-c3ncnc4[nH]ccc34)c2)C1.[C-]#[N+]c1cc(-c2ccnc3[nH]ccc23)cn1C1(CC#N)CN(S(=O)(=O)CC)C1.[C-]#[N+]c1cn(C2(CC#N)CN(S(=O)(=O)CC)C2)cc1-c1ncnc2[nH]ccc12. The van der Waals surface area contributed by atoms with Crippen LogP contribution in [0.25, 0.3) is 98.7 Å². The summed E-state index contributed by atoms with van der Waals surface area (Å²) in [6, 6.07) is 20.0. The number of fused-ring (bicyclic) bond motifs is 4. The maximum absolute atomic E-state index is 12.2. The minimum Gasteiger partial charge on any atom is -0.364 e. The van der Waals surface area contributed by atoms with Crippen molar-refractivity contribution in [3.8, 4) is 69.2 Å². The summed E-state index contributed by atoms with van der Waals surface area (Å²) in [5.74, 6) is 0.536. The number of hydrogen-bond acceptors (Lipinski definition) is 19. The van der Waals surface area contributed by atoms with Crippen LogP contribution in [0.3, 0.4) is 0 Å². The van der Waals surface area contributed by atoms with Gasteiger partial charge in [-0.05, 0) is 82.1 Å². The Labute approximate surface area is 638 Å². The highest BCUT2D eigenvalue weighted by Gasteiger charge is 2.54. The molecule has 16 heterocycles. The Morgan fingerprint density at radius 1 is 0.445 bits per heavy atom. The fourth-order valence-corrected chi connectivity index (χ4v) is 19.7. The van der Waals surface area contributed by atoms with Gasteiger partial charge in [-0.2, -0.15) is 38.3 Å². The number of pyridine rings is 1. The molecule has 0 radical (unpaired) electrons. The average molecular weight is 1580 g/mol. The second-order valence-corrected chi connectivity index (χ2v) is 36.7. The highest BCUT2D eigenvalue weighted by Crippen LogP contribution is 2.46. The van der Waals surface area contributed by atoms with Crippen LogP contribution in [0.15, 0.2) is 130 Å². The minimum absolute atomic E-state index is 0.0186. The summed E-state index contributed by atoms with van der Waals surface area (Å²) >= 11 is 6.48. The molecular formula is C72H72ClN25O8S4. The summed E-state index contributed by atoms with van der Waals surface area (Å²) < 4.78 is 110. The molecule has 110 heavy (non-hydrogen) atoms. The van der Waals surface area contributed by atoms with E-state index in [0.717, 1.165) is 66.4 Å². The first-order valence-corrected chi connectivity index (χ1v) is 41.4. The normalized spacial score (nSPS) is 16.7. The molecule has 0 amide bonds. The Morgan fingerprint density at radius 3 is 1.23 bits per heavy atom. The first-order chi connectivity index (χ1) is 52.7. The van der Waals surface area contributed by atoms with Gasteiger partial charge < -0.3 is 38.5 Å². The van der Waals surface area contributed by atoms with E-state index in [4.69, 9.17) is 24.7 Å². The van der Waals surface area contributed by atoms with E-state index in [2.05, 4.69) is 88.8 Å². The van der Waals surface area contributed by atoms with Crippen LogP contribution in [0.1, 0.15) is 58.9 Å². The first-order valence-electron chi connectivity index (χ1n) is 34.6. The van der Waals surface area contributed by atoms with E-state index in [0.29, 0.717) is 57.9 Å². The molecule has 0 saturated carbocycles. The van der Waals surface area contributed by atoms with E-state index in [9.17, 15) is 54.7 Å².